The zero-order chi connectivity index (χ0) is 9.26. The van der Waals surface area contributed by atoms with Crippen molar-refractivity contribution in [3.8, 4) is 0 Å². The smallest absolute Gasteiger partial charge is 0.309 e. The summed E-state index contributed by atoms with van der Waals surface area (Å²) in [5.41, 5.74) is 0. The van der Waals surface area contributed by atoms with Gasteiger partial charge in [-0.25, -0.2) is 0 Å². The van der Waals surface area contributed by atoms with Crippen LogP contribution in [0.5, 0.6) is 0 Å². The second kappa shape index (κ2) is 3.91. The third-order valence-electron chi connectivity index (χ3n) is 3.00. The van der Waals surface area contributed by atoms with Gasteiger partial charge in [-0.1, -0.05) is 0 Å². The molecule has 2 fully saturated rings. The number of hydrogen-bond acceptors (Lipinski definition) is 3. The van der Waals surface area contributed by atoms with Crippen molar-refractivity contribution < 1.29 is 9.53 Å². The monoisotopic (exact) mass is 200 g/mol. The quantitative estimate of drug-likeness (QED) is 0.651. The average Bonchev–Trinajstić information content (AvgIpc) is 2.74. The highest BCUT2D eigenvalue weighted by atomic mass is 32.2. The van der Waals surface area contributed by atoms with E-state index in [0.717, 1.165) is 12.3 Å². The number of hydrogen-bond donors (Lipinski definition) is 0. The van der Waals surface area contributed by atoms with Gasteiger partial charge in [0.2, 0.25) is 0 Å². The number of carbonyl (C=O) groups is 1. The lowest BCUT2D eigenvalue weighted by molar-refractivity contribution is -0.145. The van der Waals surface area contributed by atoms with E-state index in [4.69, 9.17) is 4.74 Å². The molecular formula is C10H16O2S. The normalized spacial score (nSPS) is 37.5. The molecule has 2 aliphatic rings. The zero-order valence-corrected chi connectivity index (χ0v) is 8.81. The van der Waals surface area contributed by atoms with Crippen LogP contribution in [0.25, 0.3) is 0 Å². The largest absolute Gasteiger partial charge is 0.466 e. The summed E-state index contributed by atoms with van der Waals surface area (Å²) in [5, 5.41) is 0. The molecular weight excluding hydrogens is 184 g/mol. The Hall–Kier alpha value is -0.180. The van der Waals surface area contributed by atoms with Gasteiger partial charge in [0.05, 0.1) is 12.5 Å². The van der Waals surface area contributed by atoms with Gasteiger partial charge in [0.15, 0.2) is 0 Å². The lowest BCUT2D eigenvalue weighted by atomic mass is 10.0. The van der Waals surface area contributed by atoms with Crippen LogP contribution in [0.4, 0.5) is 0 Å². The second-order valence-electron chi connectivity index (χ2n) is 3.88. The molecule has 0 aromatic heterocycles. The van der Waals surface area contributed by atoms with E-state index in [1.54, 1.807) is 0 Å². The standard InChI is InChI=1S/C10H16O2S/c1-2-12-10(11)9-5-8(9)7-3-4-13-6-7/h7-9H,2-6H2,1H3. The fourth-order valence-corrected chi connectivity index (χ4v) is 3.50. The molecule has 0 aromatic rings. The fraction of sp³-hybridized carbons (Fsp3) is 0.900. The predicted molar refractivity (Wildman–Crippen MR) is 53.7 cm³/mol. The lowest BCUT2D eigenvalue weighted by Gasteiger charge is -2.06. The van der Waals surface area contributed by atoms with E-state index in [2.05, 4.69) is 0 Å². The molecule has 0 spiro atoms. The minimum Gasteiger partial charge on any atom is -0.466 e. The maximum absolute atomic E-state index is 11.3. The van der Waals surface area contributed by atoms with Gasteiger partial charge in [0.1, 0.15) is 0 Å². The molecule has 0 radical (unpaired) electrons. The molecule has 74 valence electrons. The van der Waals surface area contributed by atoms with Crippen molar-refractivity contribution in [1.82, 2.24) is 0 Å². The van der Waals surface area contributed by atoms with Crippen LogP contribution in [0.15, 0.2) is 0 Å². The van der Waals surface area contributed by atoms with E-state index in [1.165, 1.54) is 17.9 Å². The van der Waals surface area contributed by atoms with Crippen LogP contribution in [0, 0.1) is 17.8 Å². The summed E-state index contributed by atoms with van der Waals surface area (Å²) in [6.07, 6.45) is 2.40. The molecule has 1 saturated carbocycles. The van der Waals surface area contributed by atoms with Gasteiger partial charge >= 0.3 is 5.97 Å². The van der Waals surface area contributed by atoms with Crippen LogP contribution in [0.3, 0.4) is 0 Å². The average molecular weight is 200 g/mol. The predicted octanol–water partition coefficient (Wildman–Crippen LogP) is 1.94. The summed E-state index contributed by atoms with van der Waals surface area (Å²) in [6, 6.07) is 0. The third-order valence-corrected chi connectivity index (χ3v) is 4.19. The van der Waals surface area contributed by atoms with Crippen molar-refractivity contribution in [3.63, 3.8) is 0 Å². The van der Waals surface area contributed by atoms with Crippen LogP contribution in [-0.4, -0.2) is 24.1 Å². The van der Waals surface area contributed by atoms with Gasteiger partial charge in [-0.3, -0.25) is 4.79 Å². The first kappa shape index (κ1) is 9.38. The fourth-order valence-electron chi connectivity index (χ4n) is 2.15. The van der Waals surface area contributed by atoms with Crippen molar-refractivity contribution >= 4 is 17.7 Å². The Bertz CT molecular complexity index is 199. The number of thioether (sulfide) groups is 1. The maximum atomic E-state index is 11.3. The van der Waals surface area contributed by atoms with Crippen LogP contribution in [0.1, 0.15) is 19.8 Å². The van der Waals surface area contributed by atoms with E-state index in [9.17, 15) is 4.79 Å². The first-order valence-electron chi connectivity index (χ1n) is 5.07. The van der Waals surface area contributed by atoms with Crippen molar-refractivity contribution in [2.24, 2.45) is 17.8 Å². The van der Waals surface area contributed by atoms with E-state index >= 15 is 0 Å². The molecule has 3 heteroatoms. The first-order chi connectivity index (χ1) is 6.33. The van der Waals surface area contributed by atoms with Crippen molar-refractivity contribution in [2.75, 3.05) is 18.1 Å². The molecule has 2 nitrogen and oxygen atoms in total. The molecule has 13 heavy (non-hydrogen) atoms. The minimum absolute atomic E-state index is 0.0457. The number of ether oxygens (including phenoxy) is 1. The van der Waals surface area contributed by atoms with E-state index in [-0.39, 0.29) is 11.9 Å². The molecule has 0 amide bonds. The van der Waals surface area contributed by atoms with Crippen molar-refractivity contribution in [3.05, 3.63) is 0 Å². The topological polar surface area (TPSA) is 26.3 Å². The van der Waals surface area contributed by atoms with Gasteiger partial charge in [0.25, 0.3) is 0 Å². The van der Waals surface area contributed by atoms with Gasteiger partial charge in [0, 0.05) is 0 Å². The molecule has 3 atom stereocenters. The van der Waals surface area contributed by atoms with Crippen molar-refractivity contribution in [2.45, 2.75) is 19.8 Å². The molecule has 1 heterocycles. The Morgan fingerprint density at radius 1 is 1.62 bits per heavy atom. The summed E-state index contributed by atoms with van der Waals surface area (Å²) in [7, 11) is 0. The van der Waals surface area contributed by atoms with E-state index in [1.807, 2.05) is 18.7 Å². The number of carbonyl (C=O) groups excluding carboxylic acids is 1. The summed E-state index contributed by atoms with van der Waals surface area (Å²) in [6.45, 7) is 2.40. The second-order valence-corrected chi connectivity index (χ2v) is 5.03. The molecule has 1 aliphatic carbocycles. The number of rotatable bonds is 3. The Morgan fingerprint density at radius 3 is 3.08 bits per heavy atom. The highest BCUT2D eigenvalue weighted by Crippen LogP contribution is 2.49. The minimum atomic E-state index is 0.0457. The molecule has 0 N–H and O–H groups in total. The zero-order valence-electron chi connectivity index (χ0n) is 7.99. The summed E-state index contributed by atoms with van der Waals surface area (Å²) < 4.78 is 5.01. The van der Waals surface area contributed by atoms with Gasteiger partial charge in [-0.15, -0.1) is 0 Å². The van der Waals surface area contributed by atoms with Crippen LogP contribution in [0.2, 0.25) is 0 Å². The van der Waals surface area contributed by atoms with E-state index < -0.39 is 0 Å². The Morgan fingerprint density at radius 2 is 2.46 bits per heavy atom. The number of esters is 1. The highest BCUT2D eigenvalue weighted by molar-refractivity contribution is 7.99. The van der Waals surface area contributed by atoms with Gasteiger partial charge in [-0.05, 0) is 43.1 Å². The third kappa shape index (κ3) is 2.01. The highest BCUT2D eigenvalue weighted by Gasteiger charge is 2.48. The molecule has 1 aliphatic heterocycles. The molecule has 0 bridgehead atoms. The Balaban J connectivity index is 1.77. The SMILES string of the molecule is CCOC(=O)C1CC1C1CCSC1. The first-order valence-corrected chi connectivity index (χ1v) is 6.22. The molecule has 0 aromatic carbocycles. The van der Waals surface area contributed by atoms with Gasteiger partial charge < -0.3 is 4.74 Å². The Kier molecular flexibility index (Phi) is 2.82. The van der Waals surface area contributed by atoms with Crippen molar-refractivity contribution in [1.29, 1.82) is 0 Å². The van der Waals surface area contributed by atoms with E-state index in [0.29, 0.717) is 12.5 Å². The van der Waals surface area contributed by atoms with Crippen LogP contribution in [-0.2, 0) is 9.53 Å². The Labute approximate surface area is 83.4 Å². The van der Waals surface area contributed by atoms with Crippen LogP contribution >= 0.6 is 11.8 Å². The lowest BCUT2D eigenvalue weighted by Crippen LogP contribution is -2.11. The summed E-state index contributed by atoms with van der Waals surface area (Å²) >= 11 is 2.03. The summed E-state index contributed by atoms with van der Waals surface area (Å²) in [4.78, 5) is 11.3. The molecule has 1 saturated heterocycles. The summed E-state index contributed by atoms with van der Waals surface area (Å²) in [5.74, 6) is 4.32. The van der Waals surface area contributed by atoms with Gasteiger partial charge in [-0.2, -0.15) is 11.8 Å². The van der Waals surface area contributed by atoms with Crippen LogP contribution < -0.4 is 0 Å². The molecule has 3 unspecified atom stereocenters. The maximum Gasteiger partial charge on any atom is 0.309 e. The molecule has 2 rings (SSSR count).